The second-order valence-corrected chi connectivity index (χ2v) is 5.05. The first kappa shape index (κ1) is 17.6. The fourth-order valence-electron chi connectivity index (χ4n) is 2.02. The number of ketones is 1. The van der Waals surface area contributed by atoms with E-state index < -0.39 is 6.10 Å². The first-order valence-corrected chi connectivity index (χ1v) is 7.39. The van der Waals surface area contributed by atoms with Gasteiger partial charge in [0.15, 0.2) is 0 Å². The van der Waals surface area contributed by atoms with Gasteiger partial charge in [0.1, 0.15) is 5.78 Å². The van der Waals surface area contributed by atoms with Gasteiger partial charge in [-0.05, 0) is 19.3 Å². The number of hydrogen-bond acceptors (Lipinski definition) is 3. The van der Waals surface area contributed by atoms with E-state index in [1.165, 1.54) is 12.8 Å². The van der Waals surface area contributed by atoms with Crippen LogP contribution >= 0.6 is 0 Å². The minimum Gasteiger partial charge on any atom is -0.393 e. The van der Waals surface area contributed by atoms with Gasteiger partial charge in [-0.1, -0.05) is 39.0 Å². The average Bonchev–Trinajstić information content (AvgIpc) is 2.34. The van der Waals surface area contributed by atoms with Crippen molar-refractivity contribution in [1.82, 2.24) is 0 Å². The van der Waals surface area contributed by atoms with Gasteiger partial charge in [0.25, 0.3) is 0 Å². The van der Waals surface area contributed by atoms with Crippen LogP contribution in [0.5, 0.6) is 0 Å². The maximum atomic E-state index is 11.6. The molecule has 0 aliphatic rings. The average molecular weight is 258 g/mol. The van der Waals surface area contributed by atoms with E-state index in [1.807, 2.05) is 0 Å². The monoisotopic (exact) mass is 258 g/mol. The second kappa shape index (κ2) is 13.0. The van der Waals surface area contributed by atoms with E-state index in [9.17, 15) is 9.90 Å². The van der Waals surface area contributed by atoms with Crippen molar-refractivity contribution in [1.29, 1.82) is 0 Å². The van der Waals surface area contributed by atoms with Crippen LogP contribution in [0.3, 0.4) is 0 Å². The number of methoxy groups -OCH3 is 1. The molecular formula is C15H30O3. The van der Waals surface area contributed by atoms with Gasteiger partial charge < -0.3 is 9.84 Å². The Labute approximate surface area is 112 Å². The molecule has 0 aromatic carbocycles. The molecule has 0 aromatic heterocycles. The molecule has 0 heterocycles. The summed E-state index contributed by atoms with van der Waals surface area (Å²) in [6, 6.07) is 0. The number of Topliss-reactive ketones (excluding diaryl/α,β-unsaturated/α-hetero) is 1. The molecule has 0 aliphatic heterocycles. The minimum absolute atomic E-state index is 0.218. The quantitative estimate of drug-likeness (QED) is 0.514. The predicted octanol–water partition coefficient (Wildman–Crippen LogP) is 3.48. The maximum absolute atomic E-state index is 11.6. The third-order valence-electron chi connectivity index (χ3n) is 3.16. The summed E-state index contributed by atoms with van der Waals surface area (Å²) in [5.41, 5.74) is 0. The number of carbonyl (C=O) groups excluding carboxylic acids is 1. The molecule has 18 heavy (non-hydrogen) atoms. The third kappa shape index (κ3) is 12.1. The topological polar surface area (TPSA) is 46.5 Å². The lowest BCUT2D eigenvalue weighted by molar-refractivity contribution is -0.121. The molecule has 0 saturated heterocycles. The maximum Gasteiger partial charge on any atom is 0.135 e. The van der Waals surface area contributed by atoms with Gasteiger partial charge in [-0.25, -0.2) is 0 Å². The van der Waals surface area contributed by atoms with Crippen LogP contribution in [-0.4, -0.2) is 30.7 Å². The molecule has 0 aliphatic carbocycles. The Hall–Kier alpha value is -0.410. The number of hydrogen-bond donors (Lipinski definition) is 1. The fraction of sp³-hybridized carbons (Fsp3) is 0.933. The number of aliphatic hydroxyl groups is 1. The molecule has 0 aromatic rings. The highest BCUT2D eigenvalue weighted by atomic mass is 16.5. The number of unbranched alkanes of at least 4 members (excludes halogenated alkanes) is 5. The second-order valence-electron chi connectivity index (χ2n) is 5.05. The van der Waals surface area contributed by atoms with Gasteiger partial charge in [-0.15, -0.1) is 0 Å². The van der Waals surface area contributed by atoms with Crippen molar-refractivity contribution in [3.8, 4) is 0 Å². The van der Waals surface area contributed by atoms with Crippen LogP contribution in [0.1, 0.15) is 71.1 Å². The van der Waals surface area contributed by atoms with Crippen molar-refractivity contribution < 1.29 is 14.6 Å². The normalized spacial score (nSPS) is 12.6. The summed E-state index contributed by atoms with van der Waals surface area (Å²) in [4.78, 5) is 11.6. The van der Waals surface area contributed by atoms with Gasteiger partial charge in [-0.2, -0.15) is 0 Å². The highest BCUT2D eigenvalue weighted by Crippen LogP contribution is 2.10. The third-order valence-corrected chi connectivity index (χ3v) is 3.16. The van der Waals surface area contributed by atoms with Crippen LogP contribution < -0.4 is 0 Å². The highest BCUT2D eigenvalue weighted by Gasteiger charge is 2.10. The van der Waals surface area contributed by atoms with E-state index in [-0.39, 0.29) is 5.78 Å². The SMILES string of the molecule is CCCCCCC(=O)CC(O)CCCCCOC. The molecule has 108 valence electrons. The fourth-order valence-corrected chi connectivity index (χ4v) is 2.02. The molecule has 0 spiro atoms. The van der Waals surface area contributed by atoms with Gasteiger partial charge in [0.05, 0.1) is 6.10 Å². The first-order chi connectivity index (χ1) is 8.70. The summed E-state index contributed by atoms with van der Waals surface area (Å²) in [5, 5.41) is 9.73. The van der Waals surface area contributed by atoms with E-state index in [2.05, 4.69) is 6.92 Å². The zero-order valence-electron chi connectivity index (χ0n) is 12.1. The van der Waals surface area contributed by atoms with E-state index >= 15 is 0 Å². The lowest BCUT2D eigenvalue weighted by Crippen LogP contribution is -2.13. The first-order valence-electron chi connectivity index (χ1n) is 7.39. The molecule has 3 heteroatoms. The van der Waals surface area contributed by atoms with Gasteiger partial charge in [0.2, 0.25) is 0 Å². The van der Waals surface area contributed by atoms with Crippen molar-refractivity contribution in [3.63, 3.8) is 0 Å². The van der Waals surface area contributed by atoms with Crippen LogP contribution in [0.4, 0.5) is 0 Å². The smallest absolute Gasteiger partial charge is 0.135 e. The standard InChI is InChI=1S/C15H30O3/c1-3-4-5-7-10-14(16)13-15(17)11-8-6-9-12-18-2/h15,17H,3-13H2,1-2H3. The largest absolute Gasteiger partial charge is 0.393 e. The van der Waals surface area contributed by atoms with E-state index in [1.54, 1.807) is 7.11 Å². The van der Waals surface area contributed by atoms with E-state index in [4.69, 9.17) is 4.74 Å². The highest BCUT2D eigenvalue weighted by molar-refractivity contribution is 5.78. The molecule has 1 unspecified atom stereocenters. The minimum atomic E-state index is -0.439. The number of ether oxygens (including phenoxy) is 1. The summed E-state index contributed by atoms with van der Waals surface area (Å²) in [7, 11) is 1.70. The summed E-state index contributed by atoms with van der Waals surface area (Å²) < 4.78 is 4.96. The Morgan fingerprint density at radius 2 is 1.83 bits per heavy atom. The van der Waals surface area contributed by atoms with Crippen molar-refractivity contribution >= 4 is 5.78 Å². The zero-order chi connectivity index (χ0) is 13.6. The van der Waals surface area contributed by atoms with E-state index in [0.29, 0.717) is 12.8 Å². The van der Waals surface area contributed by atoms with Crippen LogP contribution in [0.2, 0.25) is 0 Å². The molecule has 3 nitrogen and oxygen atoms in total. The molecule has 1 N–H and O–H groups in total. The van der Waals surface area contributed by atoms with Crippen molar-refractivity contribution in [3.05, 3.63) is 0 Å². The molecular weight excluding hydrogens is 228 g/mol. The molecule has 0 amide bonds. The summed E-state index contributed by atoms with van der Waals surface area (Å²) in [6.45, 7) is 2.95. The van der Waals surface area contributed by atoms with Gasteiger partial charge in [0, 0.05) is 26.6 Å². The van der Waals surface area contributed by atoms with E-state index in [0.717, 1.165) is 45.1 Å². The predicted molar refractivity (Wildman–Crippen MR) is 74.7 cm³/mol. The van der Waals surface area contributed by atoms with Crippen molar-refractivity contribution in [2.45, 2.75) is 77.2 Å². The number of rotatable bonds is 13. The summed E-state index contributed by atoms with van der Waals surface area (Å²) >= 11 is 0. The van der Waals surface area contributed by atoms with Crippen molar-refractivity contribution in [2.75, 3.05) is 13.7 Å². The Kier molecular flexibility index (Phi) is 12.7. The number of carbonyl (C=O) groups is 1. The molecule has 0 radical (unpaired) electrons. The summed E-state index contributed by atoms with van der Waals surface area (Å²) in [6.07, 6.45) is 8.88. The van der Waals surface area contributed by atoms with Crippen LogP contribution in [0, 0.1) is 0 Å². The Morgan fingerprint density at radius 3 is 2.50 bits per heavy atom. The molecule has 0 fully saturated rings. The zero-order valence-corrected chi connectivity index (χ0v) is 12.1. The van der Waals surface area contributed by atoms with Crippen LogP contribution in [-0.2, 0) is 9.53 Å². The van der Waals surface area contributed by atoms with Gasteiger partial charge >= 0.3 is 0 Å². The lowest BCUT2D eigenvalue weighted by atomic mass is 10.0. The molecule has 1 atom stereocenters. The molecule has 0 bridgehead atoms. The Morgan fingerprint density at radius 1 is 1.11 bits per heavy atom. The molecule has 0 saturated carbocycles. The molecule has 0 rings (SSSR count). The van der Waals surface area contributed by atoms with Crippen LogP contribution in [0.15, 0.2) is 0 Å². The lowest BCUT2D eigenvalue weighted by Gasteiger charge is -2.09. The van der Waals surface area contributed by atoms with Gasteiger partial charge in [-0.3, -0.25) is 4.79 Å². The van der Waals surface area contributed by atoms with Crippen molar-refractivity contribution in [2.24, 2.45) is 0 Å². The Balaban J connectivity index is 3.37. The Bertz CT molecular complexity index is 192. The van der Waals surface area contributed by atoms with Crippen LogP contribution in [0.25, 0.3) is 0 Å². The summed E-state index contributed by atoms with van der Waals surface area (Å²) in [5.74, 6) is 0.218. The number of aliphatic hydroxyl groups excluding tert-OH is 1.